The van der Waals surface area contributed by atoms with E-state index in [1.54, 1.807) is 0 Å². The Kier molecular flexibility index (Phi) is 66.4. The SMILES string of the molecule is CCCCCCCCCCCCCCCCCCC(C)[N+](CCCCCCCCCCCCCCCCCC)(CCCCCCCCCCCCCCCCCC)CCCCCCCCCCCCCCCCCC. The first-order valence-electron chi connectivity index (χ1n) is 37.0. The van der Waals surface area contributed by atoms with Crippen LogP contribution in [-0.4, -0.2) is 30.2 Å². The van der Waals surface area contributed by atoms with Gasteiger partial charge >= 0.3 is 0 Å². The summed E-state index contributed by atoms with van der Waals surface area (Å²) in [5.74, 6) is 0. The Balaban J connectivity index is 5.08. The molecule has 1 unspecified atom stereocenters. The highest BCUT2D eigenvalue weighted by atomic mass is 15.4. The zero-order chi connectivity index (χ0) is 54.2. The fraction of sp³-hybridized carbons (Fsp3) is 1.00. The van der Waals surface area contributed by atoms with Gasteiger partial charge in [0.2, 0.25) is 0 Å². The van der Waals surface area contributed by atoms with Crippen molar-refractivity contribution in [3.05, 3.63) is 0 Å². The maximum atomic E-state index is 2.75. The maximum absolute atomic E-state index is 2.75. The van der Waals surface area contributed by atoms with E-state index in [1.165, 1.54) is 441 Å². The quantitative estimate of drug-likeness (QED) is 0.0421. The summed E-state index contributed by atoms with van der Waals surface area (Å²) in [6, 6.07) is 0.848. The van der Waals surface area contributed by atoms with Gasteiger partial charge in [0.25, 0.3) is 0 Å². The van der Waals surface area contributed by atoms with Crippen LogP contribution in [0.3, 0.4) is 0 Å². The predicted octanol–water partition coefficient (Wildman–Crippen LogP) is 27.6. The minimum absolute atomic E-state index is 0.848. The molecule has 0 spiro atoms. The molecule has 0 heterocycles. The number of hydrogen-bond donors (Lipinski definition) is 0. The number of rotatable bonds is 69. The van der Waals surface area contributed by atoms with E-state index in [9.17, 15) is 0 Å². The second-order valence-corrected chi connectivity index (χ2v) is 26.2. The van der Waals surface area contributed by atoms with Gasteiger partial charge < -0.3 is 4.48 Å². The van der Waals surface area contributed by atoms with Crippen LogP contribution in [-0.2, 0) is 0 Å². The van der Waals surface area contributed by atoms with Gasteiger partial charge in [-0.3, -0.25) is 0 Å². The minimum Gasteiger partial charge on any atom is -0.321 e. The summed E-state index contributed by atoms with van der Waals surface area (Å²) < 4.78 is 1.48. The van der Waals surface area contributed by atoms with Gasteiger partial charge in [-0.2, -0.15) is 0 Å². The molecule has 1 nitrogen and oxygen atoms in total. The Hall–Kier alpha value is -0.0400. The third-order valence-corrected chi connectivity index (χ3v) is 18.8. The monoisotopic (exact) mass is 1060 g/mol. The van der Waals surface area contributed by atoms with Crippen LogP contribution in [0, 0.1) is 0 Å². The largest absolute Gasteiger partial charge is 0.321 e. The molecule has 0 aliphatic heterocycles. The van der Waals surface area contributed by atoms with Crippen LogP contribution in [0.25, 0.3) is 0 Å². The van der Waals surface area contributed by atoms with Crippen molar-refractivity contribution < 1.29 is 4.48 Å². The lowest BCUT2D eigenvalue weighted by atomic mass is 9.99. The van der Waals surface area contributed by atoms with E-state index < -0.39 is 0 Å². The van der Waals surface area contributed by atoms with Crippen molar-refractivity contribution in [2.24, 2.45) is 0 Å². The van der Waals surface area contributed by atoms with Gasteiger partial charge in [-0.15, -0.1) is 0 Å². The molecule has 0 amide bonds. The Morgan fingerprint density at radius 3 is 0.427 bits per heavy atom. The highest BCUT2D eigenvalue weighted by Crippen LogP contribution is 2.27. The molecule has 0 aromatic heterocycles. The molecule has 1 atom stereocenters. The van der Waals surface area contributed by atoms with Crippen LogP contribution in [0.4, 0.5) is 0 Å². The average molecular weight is 1060 g/mol. The first kappa shape index (κ1) is 75.0. The lowest BCUT2D eigenvalue weighted by molar-refractivity contribution is -0.950. The van der Waals surface area contributed by atoms with Crippen molar-refractivity contribution in [1.29, 1.82) is 0 Å². The summed E-state index contributed by atoms with van der Waals surface area (Å²) in [6.07, 6.45) is 96.0. The van der Waals surface area contributed by atoms with Crippen LogP contribution < -0.4 is 0 Å². The minimum atomic E-state index is 0.848. The molecule has 0 aromatic rings. The predicted molar refractivity (Wildman–Crippen MR) is 347 cm³/mol. The summed E-state index contributed by atoms with van der Waals surface area (Å²) >= 11 is 0. The van der Waals surface area contributed by atoms with Gasteiger partial charge in [0.05, 0.1) is 25.7 Å². The number of hydrogen-bond acceptors (Lipinski definition) is 0. The molecule has 0 aliphatic rings. The second-order valence-electron chi connectivity index (χ2n) is 26.2. The van der Waals surface area contributed by atoms with Crippen molar-refractivity contribution in [2.45, 2.75) is 458 Å². The molecular formula is C74H152N+. The van der Waals surface area contributed by atoms with E-state index in [2.05, 4.69) is 34.6 Å². The Bertz CT molecular complexity index is 882. The number of nitrogens with zero attached hydrogens (tertiary/aromatic N) is 1. The summed E-state index contributed by atoms with van der Waals surface area (Å²) in [5.41, 5.74) is 0. The molecule has 0 fully saturated rings. The highest BCUT2D eigenvalue weighted by Gasteiger charge is 2.32. The molecule has 0 saturated heterocycles. The fourth-order valence-corrected chi connectivity index (χ4v) is 13.2. The van der Waals surface area contributed by atoms with Gasteiger partial charge in [-0.1, -0.05) is 394 Å². The molecular weight excluding hydrogens is 903 g/mol. The zero-order valence-electron chi connectivity index (χ0n) is 54.1. The molecule has 0 N–H and O–H groups in total. The van der Waals surface area contributed by atoms with Gasteiger partial charge in [0.1, 0.15) is 0 Å². The van der Waals surface area contributed by atoms with Crippen molar-refractivity contribution >= 4 is 0 Å². The van der Waals surface area contributed by atoms with Gasteiger partial charge in [0.15, 0.2) is 0 Å². The van der Waals surface area contributed by atoms with Crippen molar-refractivity contribution in [3.63, 3.8) is 0 Å². The van der Waals surface area contributed by atoms with Gasteiger partial charge in [-0.05, 0) is 58.3 Å². The van der Waals surface area contributed by atoms with Crippen LogP contribution in [0.1, 0.15) is 452 Å². The van der Waals surface area contributed by atoms with E-state index in [4.69, 9.17) is 0 Å². The van der Waals surface area contributed by atoms with Crippen LogP contribution >= 0.6 is 0 Å². The number of quaternary nitrogens is 1. The summed E-state index contributed by atoms with van der Waals surface area (Å²) in [4.78, 5) is 0. The lowest BCUT2D eigenvalue weighted by Gasteiger charge is -2.45. The first-order chi connectivity index (χ1) is 37.2. The summed E-state index contributed by atoms with van der Waals surface area (Å²) in [7, 11) is 0. The Morgan fingerprint density at radius 2 is 0.280 bits per heavy atom. The van der Waals surface area contributed by atoms with E-state index in [-0.39, 0.29) is 0 Å². The van der Waals surface area contributed by atoms with Crippen LogP contribution in [0.2, 0.25) is 0 Å². The van der Waals surface area contributed by atoms with Crippen molar-refractivity contribution in [3.8, 4) is 0 Å². The molecule has 0 aromatic carbocycles. The molecule has 452 valence electrons. The van der Waals surface area contributed by atoms with E-state index in [1.807, 2.05) is 0 Å². The molecule has 0 aliphatic carbocycles. The van der Waals surface area contributed by atoms with Gasteiger partial charge in [0, 0.05) is 0 Å². The smallest absolute Gasteiger partial charge is 0.0861 e. The maximum Gasteiger partial charge on any atom is 0.0861 e. The fourth-order valence-electron chi connectivity index (χ4n) is 13.2. The standard InChI is InChI=1S/C74H152N/c1-6-10-14-18-22-26-30-34-38-42-46-50-54-58-62-66-70-74(5)75(71-67-63-59-55-51-47-43-39-35-31-27-23-19-15-11-7-2,72-68-64-60-56-52-48-44-40-36-32-28-24-20-16-12-8-3)73-69-65-61-57-53-49-45-41-37-33-29-25-21-17-13-9-4/h74H,6-73H2,1-5H3/q+1. The third-order valence-electron chi connectivity index (χ3n) is 18.8. The lowest BCUT2D eigenvalue weighted by Crippen LogP contribution is -2.56. The molecule has 1 heteroatoms. The molecule has 0 rings (SSSR count). The Labute approximate surface area is 479 Å². The van der Waals surface area contributed by atoms with Gasteiger partial charge in [-0.25, -0.2) is 0 Å². The van der Waals surface area contributed by atoms with E-state index in [0.717, 1.165) is 6.04 Å². The van der Waals surface area contributed by atoms with Crippen molar-refractivity contribution in [1.82, 2.24) is 0 Å². The molecule has 0 bridgehead atoms. The molecule has 0 radical (unpaired) electrons. The van der Waals surface area contributed by atoms with Crippen LogP contribution in [0.15, 0.2) is 0 Å². The molecule has 0 saturated carbocycles. The van der Waals surface area contributed by atoms with Crippen LogP contribution in [0.5, 0.6) is 0 Å². The normalized spacial score (nSPS) is 12.4. The first-order valence-corrected chi connectivity index (χ1v) is 37.0. The summed E-state index contributed by atoms with van der Waals surface area (Å²) in [5, 5.41) is 0. The highest BCUT2D eigenvalue weighted by molar-refractivity contribution is 4.62. The zero-order valence-corrected chi connectivity index (χ0v) is 54.1. The van der Waals surface area contributed by atoms with E-state index >= 15 is 0 Å². The van der Waals surface area contributed by atoms with E-state index in [0.29, 0.717) is 0 Å². The van der Waals surface area contributed by atoms with Crippen molar-refractivity contribution in [2.75, 3.05) is 19.6 Å². The Morgan fingerprint density at radius 1 is 0.160 bits per heavy atom. The average Bonchev–Trinajstić information content (AvgIpc) is 3.42. The second kappa shape index (κ2) is 66.5. The number of unbranched alkanes of at least 4 members (excludes halogenated alkanes) is 60. The third kappa shape index (κ3) is 58.4. The molecule has 75 heavy (non-hydrogen) atoms. The topological polar surface area (TPSA) is 0 Å². The summed E-state index contributed by atoms with van der Waals surface area (Å²) in [6.45, 7) is 16.5.